The van der Waals surface area contributed by atoms with E-state index in [9.17, 15) is 13.2 Å². The number of hydrogen-bond donors (Lipinski definition) is 3. The van der Waals surface area contributed by atoms with Gasteiger partial charge in [0.25, 0.3) is 0 Å². The lowest BCUT2D eigenvalue weighted by Gasteiger charge is -2.06. The Morgan fingerprint density at radius 2 is 2.12 bits per heavy atom. The Labute approximate surface area is 148 Å². The summed E-state index contributed by atoms with van der Waals surface area (Å²) in [6, 6.07) is 3.00. The summed E-state index contributed by atoms with van der Waals surface area (Å²) >= 11 is 11.5. The molecule has 8 nitrogen and oxygen atoms in total. The van der Waals surface area contributed by atoms with Gasteiger partial charge in [0.05, 0.1) is 12.2 Å². The lowest BCUT2D eigenvalue weighted by atomic mass is 10.3. The van der Waals surface area contributed by atoms with Crippen LogP contribution in [0, 0.1) is 0 Å². The molecule has 24 heavy (non-hydrogen) atoms. The van der Waals surface area contributed by atoms with Gasteiger partial charge in [0, 0.05) is 0 Å². The van der Waals surface area contributed by atoms with Gasteiger partial charge < -0.3 is 9.40 Å². The van der Waals surface area contributed by atoms with Crippen LogP contribution in [0.3, 0.4) is 0 Å². The molecule has 0 aliphatic heterocycles. The summed E-state index contributed by atoms with van der Waals surface area (Å²) in [6.07, 6.45) is 1.49. The Morgan fingerprint density at radius 1 is 1.38 bits per heavy atom. The molecule has 0 aliphatic carbocycles. The molecule has 0 unspecified atom stereocenters. The Balaban J connectivity index is 1.93. The Kier molecular flexibility index (Phi) is 6.27. The maximum Gasteiger partial charge on any atom is 0.301 e. The highest BCUT2D eigenvalue weighted by Crippen LogP contribution is 2.20. The standard InChI is InChI=1S/C13H16Cl2N4O4S/c1-2-3-6-24(21,22)19-18-13(20)9-5-4-8(23-9)7-10-16-11(14)12(15)17-10/h4-5,19H,2-3,6-7H2,1H3,(H,16,17)(H,18,20). The fraction of sp³-hybridized carbons (Fsp3) is 0.385. The van der Waals surface area contributed by atoms with Crippen molar-refractivity contribution in [3.05, 3.63) is 39.8 Å². The zero-order valence-corrected chi connectivity index (χ0v) is 15.1. The number of hydrogen-bond acceptors (Lipinski definition) is 5. The first-order chi connectivity index (χ1) is 11.3. The van der Waals surface area contributed by atoms with E-state index < -0.39 is 15.9 Å². The lowest BCUT2D eigenvalue weighted by molar-refractivity contribution is 0.0915. The molecule has 0 fully saturated rings. The first kappa shape index (κ1) is 18.8. The number of unbranched alkanes of at least 4 members (excludes halogenated alkanes) is 1. The number of sulfonamides is 1. The molecule has 3 N–H and O–H groups in total. The molecule has 0 aromatic carbocycles. The number of rotatable bonds is 8. The van der Waals surface area contributed by atoms with Gasteiger partial charge in [0.1, 0.15) is 16.7 Å². The van der Waals surface area contributed by atoms with Crippen molar-refractivity contribution < 1.29 is 17.6 Å². The third-order valence-electron chi connectivity index (χ3n) is 2.98. The second-order valence-electron chi connectivity index (χ2n) is 4.96. The smallest absolute Gasteiger partial charge is 0.301 e. The van der Waals surface area contributed by atoms with Gasteiger partial charge >= 0.3 is 5.91 Å². The maximum absolute atomic E-state index is 11.9. The van der Waals surface area contributed by atoms with Crippen LogP contribution in [0.1, 0.15) is 41.9 Å². The molecular weight excluding hydrogens is 379 g/mol. The van der Waals surface area contributed by atoms with E-state index in [0.717, 1.165) is 6.42 Å². The highest BCUT2D eigenvalue weighted by molar-refractivity contribution is 7.89. The van der Waals surface area contributed by atoms with Crippen LogP contribution in [0.2, 0.25) is 10.3 Å². The van der Waals surface area contributed by atoms with Crippen LogP contribution in [0.25, 0.3) is 0 Å². The van der Waals surface area contributed by atoms with Crippen molar-refractivity contribution >= 4 is 39.1 Å². The monoisotopic (exact) mass is 394 g/mol. The number of hydrazine groups is 1. The zero-order chi connectivity index (χ0) is 17.7. The van der Waals surface area contributed by atoms with Crippen LogP contribution in [0.5, 0.6) is 0 Å². The van der Waals surface area contributed by atoms with Gasteiger partial charge in [0.15, 0.2) is 10.9 Å². The van der Waals surface area contributed by atoms with Gasteiger partial charge in [-0.15, -0.1) is 4.83 Å². The number of halogens is 2. The van der Waals surface area contributed by atoms with Gasteiger partial charge in [-0.2, -0.15) is 0 Å². The van der Waals surface area contributed by atoms with Crippen molar-refractivity contribution in [3.63, 3.8) is 0 Å². The molecule has 2 aromatic rings. The minimum absolute atomic E-state index is 0.0352. The molecule has 0 spiro atoms. The number of amides is 1. The van der Waals surface area contributed by atoms with Gasteiger partial charge in [-0.1, -0.05) is 36.5 Å². The molecule has 132 valence electrons. The molecule has 0 aliphatic rings. The predicted octanol–water partition coefficient (Wildman–Crippen LogP) is 2.26. The summed E-state index contributed by atoms with van der Waals surface area (Å²) < 4.78 is 28.6. The minimum atomic E-state index is -3.56. The molecule has 0 bridgehead atoms. The molecule has 2 rings (SSSR count). The van der Waals surface area contributed by atoms with E-state index in [1.807, 2.05) is 11.8 Å². The number of carbonyl (C=O) groups is 1. The topological polar surface area (TPSA) is 117 Å². The van der Waals surface area contributed by atoms with Crippen molar-refractivity contribution in [1.82, 2.24) is 20.2 Å². The summed E-state index contributed by atoms with van der Waals surface area (Å²) in [5.74, 6) is 0.124. The van der Waals surface area contributed by atoms with E-state index in [0.29, 0.717) is 18.0 Å². The number of nitrogens with zero attached hydrogens (tertiary/aromatic N) is 1. The maximum atomic E-state index is 11.9. The average Bonchev–Trinajstić information content (AvgIpc) is 3.10. The SMILES string of the molecule is CCCCS(=O)(=O)NNC(=O)c1ccc(Cc2nc(Cl)c(Cl)[nH]2)o1. The first-order valence-electron chi connectivity index (χ1n) is 7.09. The molecule has 0 saturated carbocycles. The highest BCUT2D eigenvalue weighted by Gasteiger charge is 2.16. The normalized spacial score (nSPS) is 11.6. The molecule has 0 saturated heterocycles. The number of imidazole rings is 1. The molecule has 2 aromatic heterocycles. The van der Waals surface area contributed by atoms with Crippen LogP contribution in [0.4, 0.5) is 0 Å². The molecule has 0 radical (unpaired) electrons. The Hall–Kier alpha value is -1.55. The van der Waals surface area contributed by atoms with E-state index in [1.54, 1.807) is 6.07 Å². The zero-order valence-electron chi connectivity index (χ0n) is 12.7. The fourth-order valence-corrected chi connectivity index (χ4v) is 3.11. The van der Waals surface area contributed by atoms with E-state index in [-0.39, 0.29) is 28.2 Å². The van der Waals surface area contributed by atoms with Crippen LogP contribution in [-0.4, -0.2) is 30.0 Å². The number of nitrogens with one attached hydrogen (secondary N) is 3. The van der Waals surface area contributed by atoms with E-state index >= 15 is 0 Å². The highest BCUT2D eigenvalue weighted by atomic mass is 35.5. The van der Waals surface area contributed by atoms with Crippen molar-refractivity contribution in [2.75, 3.05) is 5.75 Å². The average molecular weight is 395 g/mol. The minimum Gasteiger partial charge on any atom is -0.455 e. The van der Waals surface area contributed by atoms with Crippen LogP contribution in [-0.2, 0) is 16.4 Å². The molecule has 1 amide bonds. The summed E-state index contributed by atoms with van der Waals surface area (Å²) in [5, 5.41) is 0.371. The summed E-state index contributed by atoms with van der Waals surface area (Å²) in [5.41, 5.74) is 2.10. The van der Waals surface area contributed by atoms with Crippen LogP contribution < -0.4 is 10.3 Å². The Bertz CT molecular complexity index is 796. The molecule has 11 heteroatoms. The molecule has 0 atom stereocenters. The molecular formula is C13H16Cl2N4O4S. The quantitative estimate of drug-likeness (QED) is 0.593. The number of aromatic nitrogens is 2. The van der Waals surface area contributed by atoms with E-state index in [2.05, 4.69) is 15.4 Å². The summed E-state index contributed by atoms with van der Waals surface area (Å²) in [4.78, 5) is 20.7. The van der Waals surface area contributed by atoms with Crippen molar-refractivity contribution in [1.29, 1.82) is 0 Å². The number of furan rings is 1. The van der Waals surface area contributed by atoms with Gasteiger partial charge in [-0.25, -0.2) is 13.4 Å². The first-order valence-corrected chi connectivity index (χ1v) is 9.50. The van der Waals surface area contributed by atoms with Crippen molar-refractivity contribution in [2.24, 2.45) is 0 Å². The third kappa shape index (κ3) is 5.23. The van der Waals surface area contributed by atoms with Gasteiger partial charge in [0.2, 0.25) is 10.0 Å². The second kappa shape index (κ2) is 8.02. The van der Waals surface area contributed by atoms with E-state index in [1.165, 1.54) is 6.07 Å². The molecule has 2 heterocycles. The van der Waals surface area contributed by atoms with Gasteiger partial charge in [-0.3, -0.25) is 10.2 Å². The van der Waals surface area contributed by atoms with Crippen molar-refractivity contribution in [3.8, 4) is 0 Å². The third-order valence-corrected chi connectivity index (χ3v) is 4.87. The predicted molar refractivity (Wildman–Crippen MR) is 89.4 cm³/mol. The Morgan fingerprint density at radius 3 is 2.75 bits per heavy atom. The summed E-state index contributed by atoms with van der Waals surface area (Å²) in [7, 11) is -3.56. The largest absolute Gasteiger partial charge is 0.455 e. The van der Waals surface area contributed by atoms with Gasteiger partial charge in [-0.05, 0) is 18.6 Å². The van der Waals surface area contributed by atoms with Crippen LogP contribution >= 0.6 is 23.2 Å². The number of aromatic amines is 1. The number of carbonyl (C=O) groups excluding carboxylic acids is 1. The van der Waals surface area contributed by atoms with E-state index in [4.69, 9.17) is 27.6 Å². The number of H-pyrrole nitrogens is 1. The second-order valence-corrected chi connectivity index (χ2v) is 7.54. The fourth-order valence-electron chi connectivity index (χ4n) is 1.79. The lowest BCUT2D eigenvalue weighted by Crippen LogP contribution is -2.42. The summed E-state index contributed by atoms with van der Waals surface area (Å²) in [6.45, 7) is 1.87. The van der Waals surface area contributed by atoms with Crippen molar-refractivity contribution in [2.45, 2.75) is 26.2 Å². The van der Waals surface area contributed by atoms with Crippen LogP contribution in [0.15, 0.2) is 16.5 Å².